The molecule has 0 saturated carbocycles. The number of nitrogens with one attached hydrogen (secondary N) is 1. The minimum Gasteiger partial charge on any atom is -0.347 e. The zero-order valence-electron chi connectivity index (χ0n) is 13.0. The minimum atomic E-state index is -0.193. The molecule has 4 aromatic rings. The zero-order chi connectivity index (χ0) is 17.2. The van der Waals surface area contributed by atoms with Crippen LogP contribution in [0.15, 0.2) is 61.1 Å². The molecule has 0 aliphatic rings. The van der Waals surface area contributed by atoms with Gasteiger partial charge < -0.3 is 5.32 Å². The lowest BCUT2D eigenvalue weighted by Gasteiger charge is -2.09. The summed E-state index contributed by atoms with van der Waals surface area (Å²) in [6.07, 6.45) is 5.20. The molecular formula is C18H13ClN4OS. The third-order valence-electron chi connectivity index (χ3n) is 3.77. The Balaban J connectivity index is 1.57. The molecule has 5 nitrogen and oxygen atoms in total. The van der Waals surface area contributed by atoms with E-state index in [0.29, 0.717) is 22.3 Å². The molecular weight excluding hydrogens is 356 g/mol. The fourth-order valence-electron chi connectivity index (χ4n) is 2.58. The first-order valence-electron chi connectivity index (χ1n) is 7.63. The highest BCUT2D eigenvalue weighted by molar-refractivity contribution is 7.21. The van der Waals surface area contributed by atoms with E-state index in [1.165, 1.54) is 11.3 Å². The number of nitrogens with zero attached hydrogens (tertiary/aromatic N) is 3. The number of halogens is 1. The molecule has 4 rings (SSSR count). The van der Waals surface area contributed by atoms with Crippen molar-refractivity contribution in [3.05, 3.63) is 76.5 Å². The Kier molecular flexibility index (Phi) is 4.21. The van der Waals surface area contributed by atoms with Crippen LogP contribution in [0.5, 0.6) is 0 Å². The molecule has 7 heteroatoms. The lowest BCUT2D eigenvalue weighted by Crippen LogP contribution is -2.23. The number of aromatic nitrogens is 3. The van der Waals surface area contributed by atoms with E-state index < -0.39 is 0 Å². The van der Waals surface area contributed by atoms with Gasteiger partial charge in [0.05, 0.1) is 5.02 Å². The summed E-state index contributed by atoms with van der Waals surface area (Å²) in [5.74, 6) is 0.497. The molecule has 3 heterocycles. The largest absolute Gasteiger partial charge is 0.347 e. The summed E-state index contributed by atoms with van der Waals surface area (Å²) in [4.78, 5) is 17.4. The van der Waals surface area contributed by atoms with Gasteiger partial charge in [0.15, 0.2) is 5.82 Å². The van der Waals surface area contributed by atoms with Gasteiger partial charge in [0.25, 0.3) is 5.91 Å². The highest BCUT2D eigenvalue weighted by Gasteiger charge is 2.17. The van der Waals surface area contributed by atoms with Crippen molar-refractivity contribution in [1.82, 2.24) is 20.1 Å². The van der Waals surface area contributed by atoms with Crippen molar-refractivity contribution >= 4 is 38.9 Å². The summed E-state index contributed by atoms with van der Waals surface area (Å²) in [5.41, 5.74) is 0.872. The summed E-state index contributed by atoms with van der Waals surface area (Å²) in [7, 11) is 0. The van der Waals surface area contributed by atoms with Crippen molar-refractivity contribution in [3.8, 4) is 5.82 Å². The van der Waals surface area contributed by atoms with E-state index in [1.807, 2.05) is 48.7 Å². The van der Waals surface area contributed by atoms with Gasteiger partial charge in [-0.25, -0.2) is 9.67 Å². The maximum absolute atomic E-state index is 12.6. The number of hydrogen-bond acceptors (Lipinski definition) is 4. The van der Waals surface area contributed by atoms with Crippen molar-refractivity contribution in [2.75, 3.05) is 0 Å². The van der Waals surface area contributed by atoms with Gasteiger partial charge >= 0.3 is 0 Å². The summed E-state index contributed by atoms with van der Waals surface area (Å²) in [6, 6.07) is 13.3. The average Bonchev–Trinajstić information content (AvgIpc) is 3.29. The molecule has 1 aromatic carbocycles. The van der Waals surface area contributed by atoms with Gasteiger partial charge in [0, 0.05) is 40.8 Å². The molecule has 124 valence electrons. The smallest absolute Gasteiger partial charge is 0.263 e. The van der Waals surface area contributed by atoms with E-state index in [1.54, 1.807) is 17.1 Å². The van der Waals surface area contributed by atoms with Gasteiger partial charge in [0.2, 0.25) is 0 Å². The van der Waals surface area contributed by atoms with Crippen molar-refractivity contribution in [3.63, 3.8) is 0 Å². The van der Waals surface area contributed by atoms with E-state index in [9.17, 15) is 4.79 Å². The zero-order valence-corrected chi connectivity index (χ0v) is 14.6. The van der Waals surface area contributed by atoms with Crippen molar-refractivity contribution in [2.45, 2.75) is 6.54 Å². The van der Waals surface area contributed by atoms with Crippen LogP contribution in [0.2, 0.25) is 5.02 Å². The minimum absolute atomic E-state index is 0.193. The Morgan fingerprint density at radius 1 is 1.16 bits per heavy atom. The first kappa shape index (κ1) is 15.8. The van der Waals surface area contributed by atoms with Gasteiger partial charge in [-0.15, -0.1) is 11.3 Å². The third kappa shape index (κ3) is 3.01. The second-order valence-corrected chi connectivity index (χ2v) is 6.79. The summed E-state index contributed by atoms with van der Waals surface area (Å²) in [6.45, 7) is 0.340. The monoisotopic (exact) mass is 368 g/mol. The average molecular weight is 369 g/mol. The Morgan fingerprint density at radius 3 is 2.84 bits per heavy atom. The molecule has 1 amide bonds. The molecule has 0 atom stereocenters. The van der Waals surface area contributed by atoms with E-state index in [2.05, 4.69) is 15.4 Å². The van der Waals surface area contributed by atoms with Crippen LogP contribution < -0.4 is 5.32 Å². The molecule has 0 aliphatic heterocycles. The molecule has 1 N–H and O–H groups in total. The number of carbonyl (C=O) groups excluding carboxylic acids is 1. The summed E-state index contributed by atoms with van der Waals surface area (Å²) >= 11 is 7.76. The fourth-order valence-corrected chi connectivity index (χ4v) is 4.02. The predicted octanol–water partition coefficient (Wildman–Crippen LogP) is 4.07. The number of hydrogen-bond donors (Lipinski definition) is 1. The normalized spacial score (nSPS) is 10.9. The first-order valence-corrected chi connectivity index (χ1v) is 8.82. The van der Waals surface area contributed by atoms with Gasteiger partial charge in [-0.1, -0.05) is 35.9 Å². The Morgan fingerprint density at radius 2 is 2.04 bits per heavy atom. The van der Waals surface area contributed by atoms with E-state index in [0.717, 1.165) is 15.6 Å². The summed E-state index contributed by atoms with van der Waals surface area (Å²) < 4.78 is 2.67. The SMILES string of the molecule is O=C(NCc1cccnc1-n1cccn1)c1sc2ccccc2c1Cl. The van der Waals surface area contributed by atoms with Gasteiger partial charge in [-0.2, -0.15) is 5.10 Å². The van der Waals surface area contributed by atoms with Crippen LogP contribution in [0.4, 0.5) is 0 Å². The Labute approximate surface area is 152 Å². The third-order valence-corrected chi connectivity index (χ3v) is 5.44. The van der Waals surface area contributed by atoms with Crippen molar-refractivity contribution < 1.29 is 4.79 Å². The van der Waals surface area contributed by atoms with Crippen LogP contribution in [0, 0.1) is 0 Å². The molecule has 0 bridgehead atoms. The lowest BCUT2D eigenvalue weighted by atomic mass is 10.2. The summed E-state index contributed by atoms with van der Waals surface area (Å²) in [5, 5.41) is 8.52. The van der Waals surface area contributed by atoms with E-state index in [-0.39, 0.29) is 5.91 Å². The standard InChI is InChI=1S/C18H13ClN4OS/c19-15-13-6-1-2-7-14(13)25-16(15)18(24)21-11-12-5-3-8-20-17(12)23-10-4-9-22-23/h1-10H,11H2,(H,21,24). The van der Waals surface area contributed by atoms with Gasteiger partial charge in [-0.3, -0.25) is 4.79 Å². The number of thiophene rings is 1. The molecule has 0 saturated heterocycles. The Hall–Kier alpha value is -2.70. The molecule has 3 aromatic heterocycles. The van der Waals surface area contributed by atoms with Crippen LogP contribution in [0.25, 0.3) is 15.9 Å². The maximum atomic E-state index is 12.6. The first-order chi connectivity index (χ1) is 12.2. The molecule has 25 heavy (non-hydrogen) atoms. The number of benzene rings is 1. The fraction of sp³-hybridized carbons (Fsp3) is 0.0556. The maximum Gasteiger partial charge on any atom is 0.263 e. The molecule has 0 aliphatic carbocycles. The number of pyridine rings is 1. The van der Waals surface area contributed by atoms with Crippen LogP contribution in [-0.2, 0) is 6.54 Å². The topological polar surface area (TPSA) is 59.8 Å². The second-order valence-electron chi connectivity index (χ2n) is 5.36. The van der Waals surface area contributed by atoms with Crippen molar-refractivity contribution in [1.29, 1.82) is 0 Å². The number of carbonyl (C=O) groups is 1. The second kappa shape index (κ2) is 6.66. The molecule has 0 unspecified atom stereocenters. The Bertz CT molecular complexity index is 1040. The molecule has 0 radical (unpaired) electrons. The van der Waals surface area contributed by atoms with Crippen LogP contribution in [0.1, 0.15) is 15.2 Å². The lowest BCUT2D eigenvalue weighted by molar-refractivity contribution is 0.0955. The van der Waals surface area contributed by atoms with Crippen LogP contribution >= 0.6 is 22.9 Å². The predicted molar refractivity (Wildman–Crippen MR) is 99.4 cm³/mol. The number of amides is 1. The van der Waals surface area contributed by atoms with Gasteiger partial charge in [0.1, 0.15) is 4.88 Å². The van der Waals surface area contributed by atoms with Crippen LogP contribution in [-0.4, -0.2) is 20.7 Å². The van der Waals surface area contributed by atoms with Gasteiger partial charge in [-0.05, 0) is 18.2 Å². The number of rotatable bonds is 4. The highest BCUT2D eigenvalue weighted by Crippen LogP contribution is 2.35. The highest BCUT2D eigenvalue weighted by atomic mass is 35.5. The number of fused-ring (bicyclic) bond motifs is 1. The molecule has 0 spiro atoms. The van der Waals surface area contributed by atoms with Crippen molar-refractivity contribution in [2.24, 2.45) is 0 Å². The quantitative estimate of drug-likeness (QED) is 0.590. The molecule has 0 fully saturated rings. The van der Waals surface area contributed by atoms with Crippen LogP contribution in [0.3, 0.4) is 0 Å². The van der Waals surface area contributed by atoms with E-state index in [4.69, 9.17) is 11.6 Å². The van der Waals surface area contributed by atoms with E-state index >= 15 is 0 Å².